The van der Waals surface area contributed by atoms with Crippen LogP contribution in [0.2, 0.25) is 0 Å². The third kappa shape index (κ3) is 4.42. The lowest BCUT2D eigenvalue weighted by Crippen LogP contribution is -2.58. The molecule has 2 rings (SSSR count). The van der Waals surface area contributed by atoms with Crippen molar-refractivity contribution in [2.24, 2.45) is 0 Å². The Morgan fingerprint density at radius 1 is 1.11 bits per heavy atom. The predicted molar refractivity (Wildman–Crippen MR) is 79.6 cm³/mol. The molecule has 0 aromatic rings. The quantitative estimate of drug-likeness (QED) is 0.811. The third-order valence-corrected chi connectivity index (χ3v) is 4.52. The molecule has 19 heavy (non-hydrogen) atoms. The number of piperazine rings is 1. The molecular formula is C15H31N3O. The molecule has 0 spiro atoms. The predicted octanol–water partition coefficient (Wildman–Crippen LogP) is 1.17. The van der Waals surface area contributed by atoms with Crippen LogP contribution in [0, 0.1) is 0 Å². The van der Waals surface area contributed by atoms with Gasteiger partial charge in [-0.1, -0.05) is 0 Å². The maximum absolute atomic E-state index is 5.73. The van der Waals surface area contributed by atoms with Gasteiger partial charge in [0.1, 0.15) is 0 Å². The van der Waals surface area contributed by atoms with Crippen LogP contribution in [0.4, 0.5) is 0 Å². The number of ether oxygens (including phenoxy) is 1. The maximum Gasteiger partial charge on any atom is 0.0599 e. The lowest BCUT2D eigenvalue weighted by atomic mass is 9.98. The second kappa shape index (κ2) is 7.02. The van der Waals surface area contributed by atoms with Gasteiger partial charge in [-0.15, -0.1) is 0 Å². The summed E-state index contributed by atoms with van der Waals surface area (Å²) in [4.78, 5) is 5.26. The van der Waals surface area contributed by atoms with Gasteiger partial charge in [0.2, 0.25) is 0 Å². The monoisotopic (exact) mass is 269 g/mol. The molecule has 2 saturated heterocycles. The molecule has 0 radical (unpaired) electrons. The fraction of sp³-hybridized carbons (Fsp3) is 1.00. The second-order valence-corrected chi connectivity index (χ2v) is 6.48. The molecule has 1 N–H and O–H groups in total. The zero-order valence-electron chi connectivity index (χ0n) is 13.0. The van der Waals surface area contributed by atoms with Crippen molar-refractivity contribution in [1.29, 1.82) is 0 Å². The van der Waals surface area contributed by atoms with Crippen molar-refractivity contribution in [3.05, 3.63) is 0 Å². The second-order valence-electron chi connectivity index (χ2n) is 6.48. The number of rotatable bonds is 5. The zero-order chi connectivity index (χ0) is 13.7. The van der Waals surface area contributed by atoms with Crippen LogP contribution in [0.25, 0.3) is 0 Å². The molecule has 0 atom stereocenters. The molecule has 2 fully saturated rings. The number of nitrogens with zero attached hydrogens (tertiary/aromatic N) is 2. The first-order valence-electron chi connectivity index (χ1n) is 7.91. The Hall–Kier alpha value is -0.160. The number of hydrogen-bond donors (Lipinski definition) is 1. The molecule has 4 heteroatoms. The highest BCUT2D eigenvalue weighted by Crippen LogP contribution is 2.20. The van der Waals surface area contributed by atoms with Gasteiger partial charge >= 0.3 is 0 Å². The van der Waals surface area contributed by atoms with Gasteiger partial charge in [0.25, 0.3) is 0 Å². The Morgan fingerprint density at radius 3 is 2.32 bits per heavy atom. The van der Waals surface area contributed by atoms with E-state index in [1.165, 1.54) is 45.6 Å². The highest BCUT2D eigenvalue weighted by Gasteiger charge is 2.31. The number of likely N-dealkylation sites (tertiary alicyclic amines) is 1. The first-order chi connectivity index (χ1) is 9.12. The lowest BCUT2D eigenvalue weighted by molar-refractivity contribution is -0.00392. The van der Waals surface area contributed by atoms with E-state index in [4.69, 9.17) is 4.74 Å². The van der Waals surface area contributed by atoms with E-state index >= 15 is 0 Å². The number of hydrogen-bond acceptors (Lipinski definition) is 4. The highest BCUT2D eigenvalue weighted by molar-refractivity contribution is 4.89. The molecule has 2 heterocycles. The normalized spacial score (nSPS) is 24.8. The average molecular weight is 269 g/mol. The fourth-order valence-electron chi connectivity index (χ4n) is 3.39. The minimum Gasteiger partial charge on any atom is -0.378 e. The molecule has 0 aliphatic carbocycles. The van der Waals surface area contributed by atoms with Crippen LogP contribution in [0.15, 0.2) is 0 Å². The van der Waals surface area contributed by atoms with E-state index < -0.39 is 0 Å². The number of piperidine rings is 1. The minimum atomic E-state index is 0.292. The Kier molecular flexibility index (Phi) is 5.63. The van der Waals surface area contributed by atoms with E-state index in [1.54, 1.807) is 0 Å². The first-order valence-corrected chi connectivity index (χ1v) is 7.91. The summed E-state index contributed by atoms with van der Waals surface area (Å²) in [7, 11) is 0. The summed E-state index contributed by atoms with van der Waals surface area (Å²) in [5.74, 6) is 0. The summed E-state index contributed by atoms with van der Waals surface area (Å²) < 4.78 is 5.73. The first kappa shape index (κ1) is 15.2. The Balaban J connectivity index is 1.77. The summed E-state index contributed by atoms with van der Waals surface area (Å²) in [6.07, 6.45) is 2.90. The molecule has 112 valence electrons. The molecule has 0 aromatic heterocycles. The van der Waals surface area contributed by atoms with Crippen molar-refractivity contribution >= 4 is 0 Å². The van der Waals surface area contributed by atoms with E-state index in [9.17, 15) is 0 Å². The molecule has 0 amide bonds. The van der Waals surface area contributed by atoms with Gasteiger partial charge in [-0.05, 0) is 33.6 Å². The maximum atomic E-state index is 5.73. The van der Waals surface area contributed by atoms with Gasteiger partial charge in [0.05, 0.1) is 6.10 Å². The smallest absolute Gasteiger partial charge is 0.0599 e. The van der Waals surface area contributed by atoms with Crippen molar-refractivity contribution < 1.29 is 4.74 Å². The molecule has 4 nitrogen and oxygen atoms in total. The van der Waals surface area contributed by atoms with Crippen molar-refractivity contribution in [2.45, 2.75) is 45.3 Å². The average Bonchev–Trinajstić information content (AvgIpc) is 2.42. The highest BCUT2D eigenvalue weighted by atomic mass is 16.5. The third-order valence-electron chi connectivity index (χ3n) is 4.52. The standard InChI is InChI=1S/C15H31N3O/c1-4-19-14-5-9-17(10-6-14)13-15(2,3)18-11-7-16-8-12-18/h14,16H,4-13H2,1-3H3. The Bertz CT molecular complexity index is 256. The van der Waals surface area contributed by atoms with Crippen molar-refractivity contribution in [1.82, 2.24) is 15.1 Å². The van der Waals surface area contributed by atoms with Crippen LogP contribution < -0.4 is 5.32 Å². The summed E-state index contributed by atoms with van der Waals surface area (Å²) in [5, 5.41) is 3.44. The largest absolute Gasteiger partial charge is 0.378 e. The summed E-state index contributed by atoms with van der Waals surface area (Å²) in [6, 6.07) is 0. The van der Waals surface area contributed by atoms with Crippen molar-refractivity contribution in [3.63, 3.8) is 0 Å². The van der Waals surface area contributed by atoms with E-state index in [2.05, 4.69) is 35.9 Å². The summed E-state index contributed by atoms with van der Waals surface area (Å²) >= 11 is 0. The molecule has 2 aliphatic rings. The van der Waals surface area contributed by atoms with Gasteiger partial charge < -0.3 is 15.0 Å². The fourth-order valence-corrected chi connectivity index (χ4v) is 3.39. The van der Waals surface area contributed by atoms with E-state index in [-0.39, 0.29) is 0 Å². The van der Waals surface area contributed by atoms with Gasteiger partial charge in [-0.3, -0.25) is 4.90 Å². The van der Waals surface area contributed by atoms with Crippen LogP contribution >= 0.6 is 0 Å². The summed E-state index contributed by atoms with van der Waals surface area (Å²) in [6.45, 7) is 16.0. The van der Waals surface area contributed by atoms with Crippen LogP contribution in [0.3, 0.4) is 0 Å². The van der Waals surface area contributed by atoms with Crippen molar-refractivity contribution in [3.8, 4) is 0 Å². The van der Waals surface area contributed by atoms with Gasteiger partial charge in [0, 0.05) is 58.0 Å². The van der Waals surface area contributed by atoms with Crippen LogP contribution in [-0.2, 0) is 4.74 Å². The van der Waals surface area contributed by atoms with Gasteiger partial charge in [0.15, 0.2) is 0 Å². The molecular weight excluding hydrogens is 238 g/mol. The van der Waals surface area contributed by atoms with Gasteiger partial charge in [-0.25, -0.2) is 0 Å². The summed E-state index contributed by atoms with van der Waals surface area (Å²) in [5.41, 5.74) is 0.292. The zero-order valence-corrected chi connectivity index (χ0v) is 13.0. The topological polar surface area (TPSA) is 27.7 Å². The Labute approximate surface area is 118 Å². The molecule has 0 bridgehead atoms. The lowest BCUT2D eigenvalue weighted by Gasteiger charge is -2.45. The number of nitrogens with one attached hydrogen (secondary N) is 1. The van der Waals surface area contributed by atoms with E-state index in [0.717, 1.165) is 19.7 Å². The van der Waals surface area contributed by atoms with E-state index in [1.807, 2.05) is 0 Å². The molecule has 0 unspecified atom stereocenters. The van der Waals surface area contributed by atoms with Crippen LogP contribution in [0.1, 0.15) is 33.6 Å². The Morgan fingerprint density at radius 2 is 1.74 bits per heavy atom. The van der Waals surface area contributed by atoms with Crippen LogP contribution in [-0.4, -0.2) is 73.9 Å². The molecule has 0 aromatic carbocycles. The minimum absolute atomic E-state index is 0.292. The molecule has 0 saturated carbocycles. The van der Waals surface area contributed by atoms with Crippen LogP contribution in [0.5, 0.6) is 0 Å². The van der Waals surface area contributed by atoms with Crippen molar-refractivity contribution in [2.75, 3.05) is 52.4 Å². The van der Waals surface area contributed by atoms with Gasteiger partial charge in [-0.2, -0.15) is 0 Å². The SMILES string of the molecule is CCOC1CCN(CC(C)(C)N2CCNCC2)CC1. The molecule has 2 aliphatic heterocycles. The van der Waals surface area contributed by atoms with E-state index in [0.29, 0.717) is 11.6 Å².